The molecule has 5 rings (SSSR count). The van der Waals surface area contributed by atoms with Crippen LogP contribution >= 0.6 is 12.4 Å². The third-order valence-corrected chi connectivity index (χ3v) is 7.22. The van der Waals surface area contributed by atoms with Gasteiger partial charge in [0.15, 0.2) is 0 Å². The Labute approximate surface area is 180 Å². The summed E-state index contributed by atoms with van der Waals surface area (Å²) in [7, 11) is 3.70. The number of halogens is 1. The maximum Gasteiger partial charge on any atom is 0.253 e. The van der Waals surface area contributed by atoms with Crippen LogP contribution < -0.4 is 10.6 Å². The minimum atomic E-state index is -0.0965. The van der Waals surface area contributed by atoms with Gasteiger partial charge in [0.25, 0.3) is 5.91 Å². The van der Waals surface area contributed by atoms with E-state index >= 15 is 0 Å². The summed E-state index contributed by atoms with van der Waals surface area (Å²) in [6.07, 6.45) is 7.34. The molecule has 0 radical (unpaired) electrons. The van der Waals surface area contributed by atoms with E-state index in [2.05, 4.69) is 10.6 Å². The van der Waals surface area contributed by atoms with Gasteiger partial charge in [-0.15, -0.1) is 12.4 Å². The van der Waals surface area contributed by atoms with Crippen molar-refractivity contribution in [3.8, 4) is 0 Å². The first-order valence-electron chi connectivity index (χ1n) is 10.8. The quantitative estimate of drug-likeness (QED) is 0.713. The molecule has 29 heavy (non-hydrogen) atoms. The van der Waals surface area contributed by atoms with Crippen molar-refractivity contribution in [1.82, 2.24) is 15.5 Å². The number of nitrogens with zero attached hydrogens (tertiary/aromatic N) is 1. The largest absolute Gasteiger partial charge is 0.352 e. The first kappa shape index (κ1) is 22.1. The normalized spacial score (nSPS) is 29.2. The van der Waals surface area contributed by atoms with Crippen molar-refractivity contribution >= 4 is 24.2 Å². The van der Waals surface area contributed by atoms with Crippen LogP contribution in [0.5, 0.6) is 0 Å². The van der Waals surface area contributed by atoms with Crippen molar-refractivity contribution in [3.63, 3.8) is 0 Å². The fourth-order valence-corrected chi connectivity index (χ4v) is 6.13. The number of rotatable bonds is 7. The van der Waals surface area contributed by atoms with Gasteiger partial charge < -0.3 is 15.5 Å². The van der Waals surface area contributed by atoms with Crippen LogP contribution in [0.2, 0.25) is 0 Å². The van der Waals surface area contributed by atoms with E-state index in [1.165, 1.54) is 19.3 Å². The Morgan fingerprint density at radius 3 is 2.10 bits per heavy atom. The van der Waals surface area contributed by atoms with E-state index in [1.807, 2.05) is 38.4 Å². The Morgan fingerprint density at radius 2 is 1.59 bits per heavy atom. The summed E-state index contributed by atoms with van der Waals surface area (Å²) >= 11 is 0. The molecule has 0 unspecified atom stereocenters. The van der Waals surface area contributed by atoms with Gasteiger partial charge in [0, 0.05) is 37.7 Å². The number of nitrogens with one attached hydrogen (secondary N) is 2. The fraction of sp³-hybridized carbons (Fsp3) is 0.652. The zero-order chi connectivity index (χ0) is 19.7. The van der Waals surface area contributed by atoms with E-state index in [-0.39, 0.29) is 29.6 Å². The highest BCUT2D eigenvalue weighted by atomic mass is 35.5. The average Bonchev–Trinajstić information content (AvgIpc) is 2.69. The maximum absolute atomic E-state index is 13.1. The number of carbonyl (C=O) groups is 2. The molecule has 4 fully saturated rings. The summed E-state index contributed by atoms with van der Waals surface area (Å²) in [5.41, 5.74) is 1.64. The molecule has 5 nitrogen and oxygen atoms in total. The molecule has 2 amide bonds. The van der Waals surface area contributed by atoms with Gasteiger partial charge in [0.05, 0.1) is 0 Å². The molecule has 4 aliphatic rings. The summed E-state index contributed by atoms with van der Waals surface area (Å²) in [6.45, 7) is 2.00. The molecule has 2 N–H and O–H groups in total. The summed E-state index contributed by atoms with van der Waals surface area (Å²) in [6, 6.07) is 7.65. The van der Waals surface area contributed by atoms with Gasteiger partial charge >= 0.3 is 0 Å². The van der Waals surface area contributed by atoms with E-state index < -0.39 is 0 Å². The molecule has 0 aliphatic heterocycles. The number of likely N-dealkylation sites (N-methyl/N-ethyl adjacent to an activating group) is 2. The highest BCUT2D eigenvalue weighted by Gasteiger charge is 2.54. The van der Waals surface area contributed by atoms with E-state index in [0.717, 1.165) is 49.1 Å². The van der Waals surface area contributed by atoms with Crippen LogP contribution in [0.4, 0.5) is 0 Å². The van der Waals surface area contributed by atoms with Crippen LogP contribution in [0.25, 0.3) is 0 Å². The molecule has 4 aliphatic carbocycles. The van der Waals surface area contributed by atoms with Crippen molar-refractivity contribution in [2.45, 2.75) is 45.1 Å². The number of benzene rings is 1. The van der Waals surface area contributed by atoms with E-state index in [9.17, 15) is 9.59 Å². The lowest BCUT2D eigenvalue weighted by Gasteiger charge is -2.55. The van der Waals surface area contributed by atoms with Crippen molar-refractivity contribution in [2.24, 2.45) is 23.2 Å². The second-order valence-electron chi connectivity index (χ2n) is 9.41. The third kappa shape index (κ3) is 4.61. The van der Waals surface area contributed by atoms with Gasteiger partial charge in [-0.2, -0.15) is 0 Å². The fourth-order valence-electron chi connectivity index (χ4n) is 6.13. The SMILES string of the molecule is CNCCN(C)C(=O)c1ccc(CNC(=O)C23CC4CC(CC(C4)C2)C3)cc1.Cl. The Hall–Kier alpha value is -1.59. The predicted octanol–water partition coefficient (Wildman–Crippen LogP) is 3.23. The average molecular weight is 420 g/mol. The standard InChI is InChI=1S/C23H33N3O2.ClH/c1-24-7-8-26(2)21(27)20-5-3-16(4-6-20)15-25-22(28)23-12-17-9-18(13-23)11-19(10-17)14-23;/h3-6,17-19,24H,7-15H2,1-2H3,(H,25,28);1H. The van der Waals surface area contributed by atoms with Crippen LogP contribution in [-0.4, -0.2) is 43.9 Å². The molecule has 0 heterocycles. The molecule has 160 valence electrons. The predicted molar refractivity (Wildman–Crippen MR) is 117 cm³/mol. The zero-order valence-corrected chi connectivity index (χ0v) is 18.4. The second-order valence-corrected chi connectivity index (χ2v) is 9.41. The molecule has 0 saturated heterocycles. The van der Waals surface area contributed by atoms with E-state index in [4.69, 9.17) is 0 Å². The van der Waals surface area contributed by atoms with Crippen molar-refractivity contribution in [3.05, 3.63) is 35.4 Å². The van der Waals surface area contributed by atoms with Crippen molar-refractivity contribution in [1.29, 1.82) is 0 Å². The monoisotopic (exact) mass is 419 g/mol. The number of carbonyl (C=O) groups excluding carboxylic acids is 2. The third-order valence-electron chi connectivity index (χ3n) is 7.22. The van der Waals surface area contributed by atoms with Gasteiger partial charge in [-0.05, 0) is 81.0 Å². The molecular weight excluding hydrogens is 386 g/mol. The summed E-state index contributed by atoms with van der Waals surface area (Å²) < 4.78 is 0. The van der Waals surface area contributed by atoms with Gasteiger partial charge in [-0.3, -0.25) is 9.59 Å². The smallest absolute Gasteiger partial charge is 0.253 e. The minimum Gasteiger partial charge on any atom is -0.352 e. The van der Waals surface area contributed by atoms with Crippen LogP contribution in [0.15, 0.2) is 24.3 Å². The van der Waals surface area contributed by atoms with Gasteiger partial charge in [-0.25, -0.2) is 0 Å². The summed E-state index contributed by atoms with van der Waals surface area (Å²) in [5.74, 6) is 2.63. The molecule has 0 atom stereocenters. The first-order valence-corrected chi connectivity index (χ1v) is 10.8. The number of hydrogen-bond donors (Lipinski definition) is 2. The second kappa shape index (κ2) is 9.05. The lowest BCUT2D eigenvalue weighted by Crippen LogP contribution is -2.53. The Bertz CT molecular complexity index is 699. The molecule has 0 spiro atoms. The molecular formula is C23H34ClN3O2. The minimum absolute atomic E-state index is 0. The summed E-state index contributed by atoms with van der Waals surface area (Å²) in [4.78, 5) is 27.2. The summed E-state index contributed by atoms with van der Waals surface area (Å²) in [5, 5.41) is 6.27. The molecule has 6 heteroatoms. The van der Waals surface area contributed by atoms with Crippen LogP contribution in [0, 0.1) is 23.2 Å². The molecule has 1 aromatic rings. The van der Waals surface area contributed by atoms with Gasteiger partial charge in [-0.1, -0.05) is 12.1 Å². The topological polar surface area (TPSA) is 61.4 Å². The Morgan fingerprint density at radius 1 is 1.03 bits per heavy atom. The van der Waals surface area contributed by atoms with Crippen LogP contribution in [-0.2, 0) is 11.3 Å². The van der Waals surface area contributed by atoms with Gasteiger partial charge in [0.2, 0.25) is 5.91 Å². The highest BCUT2D eigenvalue weighted by molar-refractivity contribution is 5.94. The molecule has 4 bridgehead atoms. The number of hydrogen-bond acceptors (Lipinski definition) is 3. The van der Waals surface area contributed by atoms with Crippen molar-refractivity contribution in [2.75, 3.05) is 27.2 Å². The Balaban J connectivity index is 0.00000240. The lowest BCUT2D eigenvalue weighted by atomic mass is 9.49. The molecule has 4 saturated carbocycles. The number of amides is 2. The van der Waals surface area contributed by atoms with Crippen LogP contribution in [0.1, 0.15) is 54.4 Å². The maximum atomic E-state index is 13.1. The van der Waals surface area contributed by atoms with Crippen LogP contribution in [0.3, 0.4) is 0 Å². The highest BCUT2D eigenvalue weighted by Crippen LogP contribution is 2.60. The molecule has 0 aromatic heterocycles. The van der Waals surface area contributed by atoms with Crippen molar-refractivity contribution < 1.29 is 9.59 Å². The first-order chi connectivity index (χ1) is 13.5. The zero-order valence-electron chi connectivity index (χ0n) is 17.6. The molecule has 1 aromatic carbocycles. The van der Waals surface area contributed by atoms with E-state index in [1.54, 1.807) is 4.90 Å². The van der Waals surface area contributed by atoms with Gasteiger partial charge in [0.1, 0.15) is 0 Å². The van der Waals surface area contributed by atoms with E-state index in [0.29, 0.717) is 18.7 Å². The lowest BCUT2D eigenvalue weighted by molar-refractivity contribution is -0.146. The Kier molecular flexibility index (Phi) is 6.90.